The van der Waals surface area contributed by atoms with E-state index in [-0.39, 0.29) is 0 Å². The molecule has 0 amide bonds. The van der Waals surface area contributed by atoms with Gasteiger partial charge >= 0.3 is 0 Å². The van der Waals surface area contributed by atoms with Crippen molar-refractivity contribution in [1.82, 2.24) is 19.6 Å². The summed E-state index contributed by atoms with van der Waals surface area (Å²) in [4.78, 5) is 4.78. The van der Waals surface area contributed by atoms with Gasteiger partial charge in [-0.2, -0.15) is 13.2 Å². The van der Waals surface area contributed by atoms with Crippen LogP contribution >= 0.6 is 46.4 Å². The number of benzene rings is 1. The minimum absolute atomic E-state index is 0.519. The van der Waals surface area contributed by atoms with E-state index in [4.69, 9.17) is 0 Å². The van der Waals surface area contributed by atoms with Gasteiger partial charge in [0.2, 0.25) is 5.13 Å². The summed E-state index contributed by atoms with van der Waals surface area (Å²) in [5.74, 6) is -1.68. The summed E-state index contributed by atoms with van der Waals surface area (Å²) >= 11 is 4.64. The zero-order chi connectivity index (χ0) is 16.2. The van der Waals surface area contributed by atoms with Gasteiger partial charge < -0.3 is 5.32 Å². The van der Waals surface area contributed by atoms with E-state index in [2.05, 4.69) is 24.9 Å². The predicted molar refractivity (Wildman–Crippen MR) is 90.3 cm³/mol. The quantitative estimate of drug-likeness (QED) is 0.601. The molecule has 23 heavy (non-hydrogen) atoms. The lowest BCUT2D eigenvalue weighted by Gasteiger charge is -2.03. The van der Waals surface area contributed by atoms with Gasteiger partial charge in [0.05, 0.1) is 0 Å². The summed E-state index contributed by atoms with van der Waals surface area (Å²) in [5.41, 5.74) is 0.767. The Morgan fingerprint density at radius 3 is 2.57 bits per heavy atom. The Labute approximate surface area is 147 Å². The van der Waals surface area contributed by atoms with Crippen LogP contribution in [0.15, 0.2) is 37.8 Å². The first-order valence-corrected chi connectivity index (χ1v) is 9.50. The fourth-order valence-electron chi connectivity index (χ4n) is 1.54. The molecule has 2 heterocycles. The molecule has 1 N–H and O–H groups in total. The minimum atomic E-state index is -2.42. The molecule has 0 aliphatic carbocycles. The molecule has 11 heteroatoms. The van der Waals surface area contributed by atoms with Gasteiger partial charge in [0.15, 0.2) is 8.68 Å². The van der Waals surface area contributed by atoms with Crippen LogP contribution in [0.1, 0.15) is 5.82 Å². The van der Waals surface area contributed by atoms with E-state index >= 15 is 0 Å². The summed E-state index contributed by atoms with van der Waals surface area (Å²) < 4.78 is 30.2. The normalized spacial score (nSPS) is 11.1. The monoisotopic (exact) mass is 389 g/mol. The zero-order valence-electron chi connectivity index (χ0n) is 11.6. The number of halogens is 2. The molecule has 5 nitrogen and oxygen atoms in total. The number of anilines is 2. The Bertz CT molecular complexity index is 774. The van der Waals surface area contributed by atoms with Crippen LogP contribution in [-0.4, -0.2) is 25.3 Å². The van der Waals surface area contributed by atoms with Crippen molar-refractivity contribution in [1.29, 1.82) is 0 Å². The van der Waals surface area contributed by atoms with E-state index in [9.17, 15) is 8.78 Å². The topological polar surface area (TPSA) is 63.6 Å². The molecule has 0 aliphatic rings. The largest absolute Gasteiger partial charge is 0.330 e. The van der Waals surface area contributed by atoms with Crippen LogP contribution < -0.4 is 5.32 Å². The second-order valence-corrected chi connectivity index (χ2v) is 8.40. The summed E-state index contributed by atoms with van der Waals surface area (Å²) in [6.45, 7) is 1.84. The fourth-order valence-corrected chi connectivity index (χ4v) is 4.66. The average molecular weight is 390 g/mol. The molecule has 0 fully saturated rings. The molecule has 3 rings (SSSR count). The third kappa shape index (κ3) is 4.83. The fraction of sp³-hybridized carbons (Fsp3) is 0.167. The highest BCUT2D eigenvalue weighted by molar-refractivity contribution is 8.02. The first-order valence-electron chi connectivity index (χ1n) is 6.22. The lowest BCUT2D eigenvalue weighted by molar-refractivity contribution is 0.252. The van der Waals surface area contributed by atoms with Crippen LogP contribution in [0, 0.1) is 6.92 Å². The van der Waals surface area contributed by atoms with Crippen LogP contribution in [-0.2, 0) is 0 Å². The SMILES string of the molecule is Cc1nsc(Sc2nnc(Nc3ccc(SC(F)F)cc3)s2)n1. The summed E-state index contributed by atoms with van der Waals surface area (Å²) in [7, 11) is 0. The zero-order valence-corrected chi connectivity index (χ0v) is 14.8. The highest BCUT2D eigenvalue weighted by Gasteiger charge is 2.10. The number of alkyl halides is 2. The maximum Gasteiger partial charge on any atom is 0.288 e. The van der Waals surface area contributed by atoms with Gasteiger partial charge in [-0.15, -0.1) is 10.2 Å². The van der Waals surface area contributed by atoms with Crippen molar-refractivity contribution in [3.05, 3.63) is 30.1 Å². The molecule has 0 radical (unpaired) electrons. The van der Waals surface area contributed by atoms with Crippen molar-refractivity contribution >= 4 is 57.2 Å². The molecule has 3 aromatic rings. The van der Waals surface area contributed by atoms with Crippen molar-refractivity contribution in [2.45, 2.75) is 26.3 Å². The molecular weight excluding hydrogens is 380 g/mol. The molecule has 0 unspecified atom stereocenters. The van der Waals surface area contributed by atoms with Gasteiger partial charge in [-0.1, -0.05) is 23.1 Å². The van der Waals surface area contributed by atoms with Gasteiger partial charge in [-0.25, -0.2) is 4.98 Å². The third-order valence-electron chi connectivity index (χ3n) is 2.42. The van der Waals surface area contributed by atoms with Crippen LogP contribution in [0.5, 0.6) is 0 Å². The molecule has 0 aliphatic heterocycles. The smallest absolute Gasteiger partial charge is 0.288 e. The molecule has 1 aromatic carbocycles. The van der Waals surface area contributed by atoms with Crippen LogP contribution in [0.2, 0.25) is 0 Å². The van der Waals surface area contributed by atoms with E-state index < -0.39 is 5.76 Å². The van der Waals surface area contributed by atoms with E-state index in [1.54, 1.807) is 24.3 Å². The number of aryl methyl sites for hydroxylation is 1. The van der Waals surface area contributed by atoms with Gasteiger partial charge in [0, 0.05) is 10.6 Å². The minimum Gasteiger partial charge on any atom is -0.330 e. The average Bonchev–Trinajstić information content (AvgIpc) is 3.10. The Morgan fingerprint density at radius 2 is 1.91 bits per heavy atom. The Hall–Kier alpha value is -1.30. The van der Waals surface area contributed by atoms with Crippen LogP contribution in [0.3, 0.4) is 0 Å². The van der Waals surface area contributed by atoms with Gasteiger partial charge in [-0.05, 0) is 54.5 Å². The molecule has 120 valence electrons. The van der Waals surface area contributed by atoms with Crippen molar-refractivity contribution in [3.63, 3.8) is 0 Å². The molecule has 0 bridgehead atoms. The van der Waals surface area contributed by atoms with Crippen molar-refractivity contribution in [3.8, 4) is 0 Å². The Balaban J connectivity index is 1.62. The molecule has 0 saturated heterocycles. The van der Waals surface area contributed by atoms with Gasteiger partial charge in [-0.3, -0.25) is 0 Å². The lowest BCUT2D eigenvalue weighted by atomic mass is 10.3. The van der Waals surface area contributed by atoms with Crippen molar-refractivity contribution in [2.24, 2.45) is 0 Å². The van der Waals surface area contributed by atoms with E-state index in [0.29, 0.717) is 21.8 Å². The molecule has 0 spiro atoms. The molecule has 2 aromatic heterocycles. The number of nitrogens with zero attached hydrogens (tertiary/aromatic N) is 4. The predicted octanol–water partition coefficient (Wildman–Crippen LogP) is 4.91. The number of nitrogens with one attached hydrogen (secondary N) is 1. The molecule has 0 saturated carbocycles. The second-order valence-electron chi connectivity index (χ2n) is 4.11. The Kier molecular flexibility index (Phi) is 5.41. The van der Waals surface area contributed by atoms with Crippen LogP contribution in [0.4, 0.5) is 19.6 Å². The molecule has 0 atom stereocenters. The summed E-state index contributed by atoms with van der Waals surface area (Å²) in [5, 5.41) is 11.9. The first-order chi connectivity index (χ1) is 11.1. The summed E-state index contributed by atoms with van der Waals surface area (Å²) in [6.07, 6.45) is 0. The van der Waals surface area contributed by atoms with Gasteiger partial charge in [0.25, 0.3) is 5.76 Å². The van der Waals surface area contributed by atoms with Crippen molar-refractivity contribution < 1.29 is 8.78 Å². The number of hydrogen-bond donors (Lipinski definition) is 1. The maximum absolute atomic E-state index is 12.3. The molecular formula is C12H9F2N5S4. The highest BCUT2D eigenvalue weighted by Crippen LogP contribution is 2.34. The third-order valence-corrected chi connectivity index (χ3v) is 5.88. The van der Waals surface area contributed by atoms with Crippen LogP contribution in [0.25, 0.3) is 0 Å². The summed E-state index contributed by atoms with van der Waals surface area (Å²) in [6, 6.07) is 6.74. The first kappa shape index (κ1) is 16.6. The van der Waals surface area contributed by atoms with E-state index in [0.717, 1.165) is 20.2 Å². The van der Waals surface area contributed by atoms with E-state index in [1.807, 2.05) is 6.92 Å². The van der Waals surface area contributed by atoms with E-state index in [1.165, 1.54) is 34.6 Å². The maximum atomic E-state index is 12.3. The number of aromatic nitrogens is 4. The number of hydrogen-bond acceptors (Lipinski definition) is 9. The lowest BCUT2D eigenvalue weighted by Crippen LogP contribution is -1.89. The second kappa shape index (κ2) is 7.51. The number of thioether (sulfide) groups is 1. The highest BCUT2D eigenvalue weighted by atomic mass is 32.2. The number of rotatable bonds is 6. The van der Waals surface area contributed by atoms with Crippen molar-refractivity contribution in [2.75, 3.05) is 5.32 Å². The Morgan fingerprint density at radius 1 is 1.13 bits per heavy atom. The standard InChI is InChI=1S/C12H9F2N5S4/c1-6-15-11(23-19-6)22-12-18-17-10(21-12)16-7-2-4-8(5-3-7)20-9(13)14/h2-5,9H,1H3,(H,16,17). The van der Waals surface area contributed by atoms with Gasteiger partial charge in [0.1, 0.15) is 5.82 Å².